The molecule has 0 radical (unpaired) electrons. The highest BCUT2D eigenvalue weighted by Gasteiger charge is 2.25. The lowest BCUT2D eigenvalue weighted by Crippen LogP contribution is -2.46. The lowest BCUT2D eigenvalue weighted by molar-refractivity contribution is -0.115. The molecule has 0 unspecified atom stereocenters. The molecule has 2 heterocycles. The highest BCUT2D eigenvalue weighted by molar-refractivity contribution is 8.18. The van der Waals surface area contributed by atoms with Crippen molar-refractivity contribution in [2.75, 3.05) is 13.1 Å². The maximum atomic E-state index is 12.4. The van der Waals surface area contributed by atoms with Gasteiger partial charge >= 0.3 is 6.03 Å². The molecule has 2 aliphatic heterocycles. The van der Waals surface area contributed by atoms with Gasteiger partial charge in [0.05, 0.1) is 4.91 Å². The van der Waals surface area contributed by atoms with Crippen LogP contribution in [0.3, 0.4) is 0 Å². The first-order valence-corrected chi connectivity index (χ1v) is 11.0. The van der Waals surface area contributed by atoms with Crippen LogP contribution in [0, 0.1) is 0 Å². The molecule has 2 aliphatic rings. The van der Waals surface area contributed by atoms with Crippen molar-refractivity contribution < 1.29 is 19.1 Å². The van der Waals surface area contributed by atoms with E-state index in [2.05, 4.69) is 10.6 Å². The fourth-order valence-corrected chi connectivity index (χ4v) is 4.15. The van der Waals surface area contributed by atoms with Crippen molar-refractivity contribution >= 4 is 35.0 Å². The van der Waals surface area contributed by atoms with Crippen molar-refractivity contribution in [2.24, 2.45) is 0 Å². The third-order valence-corrected chi connectivity index (χ3v) is 5.95. The molecule has 2 aromatic carbocycles. The average Bonchev–Trinajstić information content (AvgIpc) is 3.11. The number of carbonyl (C=O) groups is 3. The van der Waals surface area contributed by atoms with Gasteiger partial charge in [0.2, 0.25) is 0 Å². The molecule has 0 saturated carbocycles. The number of hydrogen-bond acceptors (Lipinski definition) is 5. The van der Waals surface area contributed by atoms with E-state index >= 15 is 0 Å². The highest BCUT2D eigenvalue weighted by atomic mass is 32.2. The molecule has 0 bridgehead atoms. The summed E-state index contributed by atoms with van der Waals surface area (Å²) in [7, 11) is 0. The van der Waals surface area contributed by atoms with Crippen molar-refractivity contribution in [1.82, 2.24) is 15.5 Å². The van der Waals surface area contributed by atoms with Crippen molar-refractivity contribution in [3.8, 4) is 5.75 Å². The van der Waals surface area contributed by atoms with Crippen LogP contribution in [0.25, 0.3) is 6.08 Å². The van der Waals surface area contributed by atoms with Crippen molar-refractivity contribution in [2.45, 2.75) is 25.5 Å². The minimum absolute atomic E-state index is 0.0491. The van der Waals surface area contributed by atoms with Gasteiger partial charge < -0.3 is 15.0 Å². The van der Waals surface area contributed by atoms with Crippen LogP contribution in [0.1, 0.15) is 24.0 Å². The van der Waals surface area contributed by atoms with Crippen molar-refractivity contribution in [1.29, 1.82) is 0 Å². The molecule has 2 saturated heterocycles. The van der Waals surface area contributed by atoms with Gasteiger partial charge in [0.1, 0.15) is 11.9 Å². The van der Waals surface area contributed by atoms with E-state index in [1.165, 1.54) is 0 Å². The van der Waals surface area contributed by atoms with Gasteiger partial charge in [-0.2, -0.15) is 0 Å². The number of amides is 4. The first-order chi connectivity index (χ1) is 15.1. The summed E-state index contributed by atoms with van der Waals surface area (Å²) in [6, 6.07) is 17.2. The van der Waals surface area contributed by atoms with Crippen molar-refractivity contribution in [3.63, 3.8) is 0 Å². The second kappa shape index (κ2) is 9.70. The Kier molecular flexibility index (Phi) is 6.57. The van der Waals surface area contributed by atoms with E-state index in [0.29, 0.717) is 24.5 Å². The number of carbonyl (C=O) groups excluding carboxylic acids is 3. The third-order valence-electron chi connectivity index (χ3n) is 5.14. The number of rotatable bonds is 5. The molecular formula is C23H23N3O4S. The zero-order chi connectivity index (χ0) is 21.6. The van der Waals surface area contributed by atoms with Gasteiger partial charge in [-0.1, -0.05) is 42.5 Å². The van der Waals surface area contributed by atoms with Gasteiger partial charge in [0.25, 0.3) is 11.1 Å². The van der Waals surface area contributed by atoms with Crippen LogP contribution in [0.4, 0.5) is 9.59 Å². The summed E-state index contributed by atoms with van der Waals surface area (Å²) in [6.07, 6.45) is 3.27. The number of ether oxygens (including phenoxy) is 1. The number of hydrogen-bond donors (Lipinski definition) is 2. The second-order valence-electron chi connectivity index (χ2n) is 7.37. The van der Waals surface area contributed by atoms with Crippen LogP contribution in [0.5, 0.6) is 5.75 Å². The minimum Gasteiger partial charge on any atom is -0.490 e. The summed E-state index contributed by atoms with van der Waals surface area (Å²) in [6.45, 7) is 1.82. The van der Waals surface area contributed by atoms with E-state index in [0.717, 1.165) is 41.5 Å². The molecular weight excluding hydrogens is 414 g/mol. The molecule has 31 heavy (non-hydrogen) atoms. The smallest absolute Gasteiger partial charge is 0.317 e. The number of nitrogens with zero attached hydrogens (tertiary/aromatic N) is 1. The molecule has 4 amide bonds. The predicted octanol–water partition coefficient (Wildman–Crippen LogP) is 3.76. The number of nitrogens with one attached hydrogen (secondary N) is 2. The van der Waals surface area contributed by atoms with E-state index in [9.17, 15) is 14.4 Å². The summed E-state index contributed by atoms with van der Waals surface area (Å²) >= 11 is 0.899. The SMILES string of the molecule is O=C1NC(=O)/C(=C/c2ccc(OC3CCN(C(=O)NCc4ccccc4)CC3)cc2)S1. The normalized spacial score (nSPS) is 18.2. The zero-order valence-corrected chi connectivity index (χ0v) is 17.7. The molecule has 0 spiro atoms. The first-order valence-electron chi connectivity index (χ1n) is 10.1. The van der Waals surface area contributed by atoms with E-state index in [4.69, 9.17) is 4.74 Å². The summed E-state index contributed by atoms with van der Waals surface area (Å²) < 4.78 is 6.06. The second-order valence-corrected chi connectivity index (χ2v) is 8.38. The first kappa shape index (κ1) is 21.0. The van der Waals surface area contributed by atoms with E-state index in [1.54, 1.807) is 6.08 Å². The van der Waals surface area contributed by atoms with Crippen LogP contribution >= 0.6 is 11.8 Å². The third kappa shape index (κ3) is 5.67. The molecule has 0 atom stereocenters. The predicted molar refractivity (Wildman–Crippen MR) is 119 cm³/mol. The number of piperidine rings is 1. The fraction of sp³-hybridized carbons (Fsp3) is 0.261. The number of urea groups is 1. The van der Waals surface area contributed by atoms with E-state index < -0.39 is 0 Å². The number of imide groups is 1. The Hall–Kier alpha value is -3.26. The standard InChI is InChI=1S/C23H23N3O4S/c27-21-20(31-23(29)25-21)14-16-6-8-18(9-7-16)30-19-10-12-26(13-11-19)22(28)24-15-17-4-2-1-3-5-17/h1-9,14,19H,10-13,15H2,(H,24,28)(H,25,27,29)/b20-14-. The van der Waals surface area contributed by atoms with Gasteiger partial charge in [0.15, 0.2) is 0 Å². The van der Waals surface area contributed by atoms with Gasteiger partial charge in [-0.3, -0.25) is 14.9 Å². The maximum Gasteiger partial charge on any atom is 0.317 e. The summed E-state index contributed by atoms with van der Waals surface area (Å²) in [5, 5.41) is 4.85. The Morgan fingerprint density at radius 1 is 1.10 bits per heavy atom. The molecule has 8 heteroatoms. The van der Waals surface area contributed by atoms with Crippen molar-refractivity contribution in [3.05, 3.63) is 70.6 Å². The lowest BCUT2D eigenvalue weighted by atomic mass is 10.1. The molecule has 0 aliphatic carbocycles. The van der Waals surface area contributed by atoms with Crippen LogP contribution < -0.4 is 15.4 Å². The van der Waals surface area contributed by atoms with Crippen LogP contribution in [-0.2, 0) is 11.3 Å². The molecule has 0 aromatic heterocycles. The summed E-state index contributed by atoms with van der Waals surface area (Å²) in [5.41, 5.74) is 1.90. The minimum atomic E-state index is -0.366. The Morgan fingerprint density at radius 3 is 2.45 bits per heavy atom. The summed E-state index contributed by atoms with van der Waals surface area (Å²) in [5.74, 6) is 0.378. The van der Waals surface area contributed by atoms with Crippen LogP contribution in [0.15, 0.2) is 59.5 Å². The van der Waals surface area contributed by atoms with Gasteiger partial charge in [-0.25, -0.2) is 4.79 Å². The highest BCUT2D eigenvalue weighted by Crippen LogP contribution is 2.26. The van der Waals surface area contributed by atoms with Gasteiger partial charge in [-0.15, -0.1) is 0 Å². The lowest BCUT2D eigenvalue weighted by Gasteiger charge is -2.32. The van der Waals surface area contributed by atoms with E-state index in [-0.39, 0.29) is 23.3 Å². The molecule has 7 nitrogen and oxygen atoms in total. The number of thioether (sulfide) groups is 1. The van der Waals surface area contributed by atoms with Crippen LogP contribution in [0.2, 0.25) is 0 Å². The quantitative estimate of drug-likeness (QED) is 0.696. The zero-order valence-electron chi connectivity index (χ0n) is 16.9. The molecule has 2 N–H and O–H groups in total. The number of benzene rings is 2. The molecule has 2 aromatic rings. The largest absolute Gasteiger partial charge is 0.490 e. The Balaban J connectivity index is 1.23. The molecule has 160 valence electrons. The van der Waals surface area contributed by atoms with E-state index in [1.807, 2.05) is 59.5 Å². The Morgan fingerprint density at radius 2 is 1.81 bits per heavy atom. The monoisotopic (exact) mass is 437 g/mol. The maximum absolute atomic E-state index is 12.4. The topological polar surface area (TPSA) is 87.7 Å². The fourth-order valence-electron chi connectivity index (χ4n) is 3.47. The van der Waals surface area contributed by atoms with Gasteiger partial charge in [-0.05, 0) is 41.1 Å². The average molecular weight is 438 g/mol. The Bertz CT molecular complexity index is 984. The summed E-state index contributed by atoms with van der Waals surface area (Å²) in [4.78, 5) is 37.5. The number of likely N-dealkylation sites (tertiary alicyclic amines) is 1. The molecule has 4 rings (SSSR count). The molecule has 2 fully saturated rings. The van der Waals surface area contributed by atoms with Gasteiger partial charge in [0, 0.05) is 32.5 Å². The Labute approximate surface area is 184 Å². The van der Waals surface area contributed by atoms with Crippen LogP contribution in [-0.4, -0.2) is 41.3 Å².